The van der Waals surface area contributed by atoms with E-state index < -0.39 is 0 Å². The number of carbonyl (C=O) groups is 1. The number of rotatable bonds is 9. The van der Waals surface area contributed by atoms with Crippen molar-refractivity contribution in [3.05, 3.63) is 0 Å². The number of hydrogen-bond donors (Lipinski definition) is 2. The predicted octanol–water partition coefficient (Wildman–Crippen LogP) is 1.21. The molecule has 0 spiro atoms. The van der Waals surface area contributed by atoms with Crippen LogP contribution in [0.2, 0.25) is 0 Å². The highest BCUT2D eigenvalue weighted by molar-refractivity contribution is 5.76. The summed E-state index contributed by atoms with van der Waals surface area (Å²) in [5, 5.41) is 2.98. The molecule has 0 fully saturated rings. The zero-order valence-electron chi connectivity index (χ0n) is 11.8. The fourth-order valence-electron chi connectivity index (χ4n) is 2.10. The largest absolute Gasteiger partial charge is 0.354 e. The van der Waals surface area contributed by atoms with Crippen LogP contribution in [0.4, 0.5) is 0 Å². The van der Waals surface area contributed by atoms with Crippen molar-refractivity contribution in [1.29, 1.82) is 0 Å². The molecule has 0 saturated carbocycles. The highest BCUT2D eigenvalue weighted by atomic mass is 16.1. The van der Waals surface area contributed by atoms with Gasteiger partial charge in [0.25, 0.3) is 0 Å². The van der Waals surface area contributed by atoms with E-state index in [0.717, 1.165) is 26.1 Å². The van der Waals surface area contributed by atoms with Crippen molar-refractivity contribution in [2.24, 2.45) is 11.7 Å². The second-order valence-corrected chi connectivity index (χ2v) is 4.85. The number of nitrogens with two attached hydrogens (primary N) is 1. The average Bonchev–Trinajstić information content (AvgIpc) is 2.27. The third-order valence-electron chi connectivity index (χ3n) is 2.98. The molecular formula is C13H29N3O. The summed E-state index contributed by atoms with van der Waals surface area (Å²) in [7, 11) is 0. The minimum absolute atomic E-state index is 0.0633. The topological polar surface area (TPSA) is 58.4 Å². The van der Waals surface area contributed by atoms with Gasteiger partial charge in [-0.2, -0.15) is 0 Å². The van der Waals surface area contributed by atoms with Crippen LogP contribution in [0.25, 0.3) is 0 Å². The lowest BCUT2D eigenvalue weighted by atomic mass is 10.0. The first kappa shape index (κ1) is 16.4. The number of nitrogens with one attached hydrogen (secondary N) is 1. The Kier molecular flexibility index (Phi) is 9.09. The maximum absolute atomic E-state index is 11.4. The van der Waals surface area contributed by atoms with Crippen LogP contribution < -0.4 is 11.1 Å². The Labute approximate surface area is 106 Å². The molecule has 0 saturated heterocycles. The van der Waals surface area contributed by atoms with Crippen molar-refractivity contribution in [1.82, 2.24) is 10.2 Å². The van der Waals surface area contributed by atoms with Gasteiger partial charge in [-0.15, -0.1) is 0 Å². The fourth-order valence-corrected chi connectivity index (χ4v) is 2.10. The number of likely N-dealkylation sites (N-methyl/N-ethyl adjacent to an activating group) is 1. The van der Waals surface area contributed by atoms with Gasteiger partial charge in [-0.05, 0) is 25.4 Å². The lowest BCUT2D eigenvalue weighted by Gasteiger charge is -2.31. The maximum atomic E-state index is 11.4. The van der Waals surface area contributed by atoms with E-state index in [4.69, 9.17) is 5.73 Å². The summed E-state index contributed by atoms with van der Waals surface area (Å²) in [4.78, 5) is 13.8. The van der Waals surface area contributed by atoms with Crippen molar-refractivity contribution < 1.29 is 4.79 Å². The Balaban J connectivity index is 4.22. The van der Waals surface area contributed by atoms with Gasteiger partial charge in [-0.3, -0.25) is 9.69 Å². The van der Waals surface area contributed by atoms with Gasteiger partial charge in [-0.25, -0.2) is 0 Å². The molecule has 0 aromatic rings. The minimum atomic E-state index is 0.0633. The van der Waals surface area contributed by atoms with Gasteiger partial charge in [0.05, 0.1) is 0 Å². The SMILES string of the molecule is CCN(CC)C(CNC(=O)CCN)CC(C)C. The zero-order valence-corrected chi connectivity index (χ0v) is 11.8. The normalized spacial score (nSPS) is 13.1. The molecule has 102 valence electrons. The molecule has 0 rings (SSSR count). The monoisotopic (exact) mass is 243 g/mol. The van der Waals surface area contributed by atoms with Crippen molar-refractivity contribution in [3.63, 3.8) is 0 Å². The van der Waals surface area contributed by atoms with Crippen LogP contribution in [0.15, 0.2) is 0 Å². The van der Waals surface area contributed by atoms with E-state index in [2.05, 4.69) is 37.9 Å². The number of amides is 1. The molecule has 0 aliphatic carbocycles. The predicted molar refractivity (Wildman–Crippen MR) is 72.8 cm³/mol. The standard InChI is InChI=1S/C13H29N3O/c1-5-16(6-2)12(9-11(3)4)10-15-13(17)7-8-14/h11-12H,5-10,14H2,1-4H3,(H,15,17). The van der Waals surface area contributed by atoms with Crippen LogP contribution in [-0.4, -0.2) is 43.0 Å². The molecule has 0 aromatic carbocycles. The Bertz CT molecular complexity index is 203. The molecule has 1 atom stereocenters. The minimum Gasteiger partial charge on any atom is -0.354 e. The van der Waals surface area contributed by atoms with Crippen molar-refractivity contribution in [2.75, 3.05) is 26.2 Å². The van der Waals surface area contributed by atoms with E-state index >= 15 is 0 Å². The van der Waals surface area contributed by atoms with E-state index in [1.165, 1.54) is 0 Å². The number of carbonyl (C=O) groups excluding carboxylic acids is 1. The van der Waals surface area contributed by atoms with Gasteiger partial charge in [0.2, 0.25) is 5.91 Å². The first-order valence-electron chi connectivity index (χ1n) is 6.75. The van der Waals surface area contributed by atoms with Crippen LogP contribution in [-0.2, 0) is 4.79 Å². The number of nitrogens with zero attached hydrogens (tertiary/aromatic N) is 1. The third-order valence-corrected chi connectivity index (χ3v) is 2.98. The lowest BCUT2D eigenvalue weighted by molar-refractivity contribution is -0.121. The molecule has 4 nitrogen and oxygen atoms in total. The molecular weight excluding hydrogens is 214 g/mol. The van der Waals surface area contributed by atoms with Crippen molar-refractivity contribution in [2.45, 2.75) is 46.6 Å². The highest BCUT2D eigenvalue weighted by Gasteiger charge is 2.17. The van der Waals surface area contributed by atoms with E-state index in [1.807, 2.05) is 0 Å². The Morgan fingerprint density at radius 1 is 1.29 bits per heavy atom. The third kappa shape index (κ3) is 7.34. The van der Waals surface area contributed by atoms with E-state index in [-0.39, 0.29) is 5.91 Å². The second-order valence-electron chi connectivity index (χ2n) is 4.85. The van der Waals surface area contributed by atoms with E-state index in [0.29, 0.717) is 24.9 Å². The molecule has 4 heteroatoms. The molecule has 0 heterocycles. The molecule has 0 bridgehead atoms. The summed E-state index contributed by atoms with van der Waals surface area (Å²) in [5.74, 6) is 0.709. The van der Waals surface area contributed by atoms with Gasteiger partial charge >= 0.3 is 0 Å². The molecule has 1 unspecified atom stereocenters. The van der Waals surface area contributed by atoms with Crippen LogP contribution in [0, 0.1) is 5.92 Å². The second kappa shape index (κ2) is 9.42. The van der Waals surface area contributed by atoms with Gasteiger partial charge in [-0.1, -0.05) is 27.7 Å². The molecule has 3 N–H and O–H groups in total. The maximum Gasteiger partial charge on any atom is 0.221 e. The fraction of sp³-hybridized carbons (Fsp3) is 0.923. The van der Waals surface area contributed by atoms with Gasteiger partial charge in [0.15, 0.2) is 0 Å². The van der Waals surface area contributed by atoms with Crippen LogP contribution in [0.5, 0.6) is 0 Å². The summed E-state index contributed by atoms with van der Waals surface area (Å²) in [6.45, 7) is 12.0. The van der Waals surface area contributed by atoms with E-state index in [9.17, 15) is 4.79 Å². The summed E-state index contributed by atoms with van der Waals surface area (Å²) in [6, 6.07) is 0.437. The van der Waals surface area contributed by atoms with Crippen LogP contribution >= 0.6 is 0 Å². The van der Waals surface area contributed by atoms with Crippen LogP contribution in [0.1, 0.15) is 40.5 Å². The zero-order chi connectivity index (χ0) is 13.3. The summed E-state index contributed by atoms with van der Waals surface area (Å²) >= 11 is 0. The molecule has 0 aliphatic heterocycles. The van der Waals surface area contributed by atoms with Crippen LogP contribution in [0.3, 0.4) is 0 Å². The summed E-state index contributed by atoms with van der Waals surface area (Å²) in [5.41, 5.74) is 5.36. The van der Waals surface area contributed by atoms with Gasteiger partial charge in [0, 0.05) is 25.6 Å². The molecule has 17 heavy (non-hydrogen) atoms. The Morgan fingerprint density at radius 2 is 1.88 bits per heavy atom. The Hall–Kier alpha value is -0.610. The van der Waals surface area contributed by atoms with Gasteiger partial charge < -0.3 is 11.1 Å². The molecule has 0 aromatic heterocycles. The molecule has 1 amide bonds. The quantitative estimate of drug-likeness (QED) is 0.640. The van der Waals surface area contributed by atoms with E-state index in [1.54, 1.807) is 0 Å². The Morgan fingerprint density at radius 3 is 2.29 bits per heavy atom. The highest BCUT2D eigenvalue weighted by Crippen LogP contribution is 2.10. The smallest absolute Gasteiger partial charge is 0.221 e. The summed E-state index contributed by atoms with van der Waals surface area (Å²) in [6.07, 6.45) is 1.54. The summed E-state index contributed by atoms with van der Waals surface area (Å²) < 4.78 is 0. The lowest BCUT2D eigenvalue weighted by Crippen LogP contribution is -2.44. The molecule has 0 aliphatic rings. The number of hydrogen-bond acceptors (Lipinski definition) is 3. The van der Waals surface area contributed by atoms with Crippen molar-refractivity contribution >= 4 is 5.91 Å². The van der Waals surface area contributed by atoms with Crippen molar-refractivity contribution in [3.8, 4) is 0 Å². The first-order valence-corrected chi connectivity index (χ1v) is 6.75. The first-order chi connectivity index (χ1) is 8.04. The van der Waals surface area contributed by atoms with Gasteiger partial charge in [0.1, 0.15) is 0 Å². The molecule has 0 radical (unpaired) electrons. The average molecular weight is 243 g/mol.